The fraction of sp³-hybridized carbons (Fsp3) is 0.615. The molecule has 86 valence electrons. The van der Waals surface area contributed by atoms with Gasteiger partial charge in [-0.15, -0.1) is 11.3 Å². The van der Waals surface area contributed by atoms with Gasteiger partial charge in [0.05, 0.1) is 11.5 Å². The molecule has 0 aromatic carbocycles. The van der Waals surface area contributed by atoms with Crippen molar-refractivity contribution in [3.05, 3.63) is 22.4 Å². The lowest BCUT2D eigenvalue weighted by atomic mass is 9.71. The van der Waals surface area contributed by atoms with E-state index in [0.29, 0.717) is 5.92 Å². The van der Waals surface area contributed by atoms with Crippen molar-refractivity contribution in [1.82, 2.24) is 0 Å². The minimum atomic E-state index is -1.01. The predicted octanol–water partition coefficient (Wildman–Crippen LogP) is 3.29. The van der Waals surface area contributed by atoms with Crippen LogP contribution in [0.3, 0.4) is 0 Å². The molecule has 2 nitrogen and oxygen atoms in total. The molecule has 1 N–H and O–H groups in total. The number of aliphatic hydroxyl groups is 1. The van der Waals surface area contributed by atoms with Crippen LogP contribution in [0.2, 0.25) is 0 Å². The van der Waals surface area contributed by atoms with Gasteiger partial charge in [0, 0.05) is 4.88 Å². The zero-order valence-corrected chi connectivity index (χ0v) is 10.5. The average molecular weight is 235 g/mol. The van der Waals surface area contributed by atoms with Gasteiger partial charge in [-0.3, -0.25) is 0 Å². The van der Waals surface area contributed by atoms with Gasteiger partial charge in [-0.05, 0) is 43.6 Å². The van der Waals surface area contributed by atoms with Crippen LogP contribution in [0.5, 0.6) is 0 Å². The molecule has 1 heterocycles. The molecule has 16 heavy (non-hydrogen) atoms. The first-order valence-electron chi connectivity index (χ1n) is 5.69. The molecule has 1 aliphatic rings. The highest BCUT2D eigenvalue weighted by Crippen LogP contribution is 2.53. The van der Waals surface area contributed by atoms with E-state index in [-0.39, 0.29) is 0 Å². The highest BCUT2D eigenvalue weighted by molar-refractivity contribution is 7.10. The Kier molecular flexibility index (Phi) is 2.81. The van der Waals surface area contributed by atoms with E-state index in [1.165, 1.54) is 11.3 Å². The standard InChI is InChI=1S/C13H17NOS/c1-10-5-6-13(8-10,9-14)12(2,15)11-4-3-7-16-11/h3-4,7,10,15H,5-6,8H2,1-2H3. The summed E-state index contributed by atoms with van der Waals surface area (Å²) in [6.07, 6.45) is 2.64. The molecular formula is C13H17NOS. The molecule has 0 radical (unpaired) electrons. The molecule has 3 heteroatoms. The van der Waals surface area contributed by atoms with Gasteiger partial charge in [0.25, 0.3) is 0 Å². The molecule has 3 unspecified atom stereocenters. The normalized spacial score (nSPS) is 33.2. The van der Waals surface area contributed by atoms with Gasteiger partial charge >= 0.3 is 0 Å². The molecule has 2 rings (SSSR count). The van der Waals surface area contributed by atoms with Crippen LogP contribution in [0, 0.1) is 22.7 Å². The van der Waals surface area contributed by atoms with Crippen molar-refractivity contribution in [3.63, 3.8) is 0 Å². The smallest absolute Gasteiger partial charge is 0.114 e. The molecular weight excluding hydrogens is 218 g/mol. The van der Waals surface area contributed by atoms with Crippen molar-refractivity contribution in [2.45, 2.75) is 38.7 Å². The van der Waals surface area contributed by atoms with Crippen LogP contribution in [-0.2, 0) is 5.60 Å². The third-order valence-electron chi connectivity index (χ3n) is 3.91. The molecule has 0 saturated heterocycles. The van der Waals surface area contributed by atoms with E-state index < -0.39 is 11.0 Å². The highest BCUT2D eigenvalue weighted by Gasteiger charge is 2.52. The maximum Gasteiger partial charge on any atom is 0.114 e. The van der Waals surface area contributed by atoms with Crippen LogP contribution < -0.4 is 0 Å². The molecule has 0 amide bonds. The molecule has 0 aliphatic heterocycles. The van der Waals surface area contributed by atoms with Gasteiger partial charge in [0.15, 0.2) is 0 Å². The summed E-state index contributed by atoms with van der Waals surface area (Å²) in [4.78, 5) is 0.906. The van der Waals surface area contributed by atoms with Gasteiger partial charge in [-0.2, -0.15) is 5.26 Å². The van der Waals surface area contributed by atoms with Gasteiger partial charge in [-0.1, -0.05) is 13.0 Å². The number of nitrogens with zero attached hydrogens (tertiary/aromatic N) is 1. The van der Waals surface area contributed by atoms with Gasteiger partial charge in [0.1, 0.15) is 5.60 Å². The Morgan fingerprint density at radius 1 is 1.69 bits per heavy atom. The third-order valence-corrected chi connectivity index (χ3v) is 4.99. The summed E-state index contributed by atoms with van der Waals surface area (Å²) in [5.41, 5.74) is -1.61. The first-order chi connectivity index (χ1) is 7.52. The van der Waals surface area contributed by atoms with E-state index in [9.17, 15) is 10.4 Å². The summed E-state index contributed by atoms with van der Waals surface area (Å²) < 4.78 is 0. The molecule has 1 saturated carbocycles. The number of thiophene rings is 1. The van der Waals surface area contributed by atoms with Crippen LogP contribution in [0.1, 0.15) is 38.0 Å². The van der Waals surface area contributed by atoms with E-state index in [0.717, 1.165) is 24.1 Å². The number of hydrogen-bond acceptors (Lipinski definition) is 3. The van der Waals surface area contributed by atoms with Crippen molar-refractivity contribution in [2.24, 2.45) is 11.3 Å². The highest BCUT2D eigenvalue weighted by atomic mass is 32.1. The number of hydrogen-bond donors (Lipinski definition) is 1. The van der Waals surface area contributed by atoms with Crippen molar-refractivity contribution in [1.29, 1.82) is 5.26 Å². The average Bonchev–Trinajstić information content (AvgIpc) is 2.86. The van der Waals surface area contributed by atoms with Crippen LogP contribution in [-0.4, -0.2) is 5.11 Å². The van der Waals surface area contributed by atoms with E-state index in [2.05, 4.69) is 13.0 Å². The second-order valence-electron chi connectivity index (χ2n) is 5.09. The van der Waals surface area contributed by atoms with Crippen LogP contribution in [0.25, 0.3) is 0 Å². The molecule has 0 bridgehead atoms. The Labute approximate surface area is 101 Å². The Hall–Kier alpha value is -0.850. The Morgan fingerprint density at radius 3 is 2.88 bits per heavy atom. The summed E-state index contributed by atoms with van der Waals surface area (Å²) in [6.45, 7) is 3.95. The summed E-state index contributed by atoms with van der Waals surface area (Å²) >= 11 is 1.53. The molecule has 1 aromatic rings. The van der Waals surface area contributed by atoms with Crippen molar-refractivity contribution in [3.8, 4) is 6.07 Å². The molecule has 1 aliphatic carbocycles. The summed E-state index contributed by atoms with van der Waals surface area (Å²) in [6, 6.07) is 6.24. The summed E-state index contributed by atoms with van der Waals surface area (Å²) in [5.74, 6) is 0.533. The monoisotopic (exact) mass is 235 g/mol. The molecule has 0 spiro atoms. The fourth-order valence-corrected chi connectivity index (χ4v) is 3.62. The zero-order chi connectivity index (χ0) is 11.8. The van der Waals surface area contributed by atoms with Crippen molar-refractivity contribution >= 4 is 11.3 Å². The second-order valence-corrected chi connectivity index (χ2v) is 6.04. The van der Waals surface area contributed by atoms with Crippen LogP contribution in [0.4, 0.5) is 0 Å². The van der Waals surface area contributed by atoms with E-state index in [1.54, 1.807) is 6.92 Å². The van der Waals surface area contributed by atoms with Crippen molar-refractivity contribution < 1.29 is 5.11 Å². The SMILES string of the molecule is CC1CCC(C#N)(C(C)(O)c2cccs2)C1. The van der Waals surface area contributed by atoms with E-state index in [4.69, 9.17) is 0 Å². The number of nitriles is 1. The van der Waals surface area contributed by atoms with E-state index >= 15 is 0 Å². The predicted molar refractivity (Wildman–Crippen MR) is 65.0 cm³/mol. The van der Waals surface area contributed by atoms with Gasteiger partial charge in [-0.25, -0.2) is 0 Å². The largest absolute Gasteiger partial charge is 0.383 e. The Bertz CT molecular complexity index is 404. The lowest BCUT2D eigenvalue weighted by Crippen LogP contribution is -2.40. The number of rotatable bonds is 2. The maximum absolute atomic E-state index is 10.7. The minimum Gasteiger partial charge on any atom is -0.383 e. The third kappa shape index (κ3) is 1.57. The molecule has 3 atom stereocenters. The summed E-state index contributed by atoms with van der Waals surface area (Å²) in [5, 5.41) is 22.1. The molecule has 1 fully saturated rings. The Balaban J connectivity index is 2.39. The van der Waals surface area contributed by atoms with Crippen LogP contribution >= 0.6 is 11.3 Å². The topological polar surface area (TPSA) is 44.0 Å². The fourth-order valence-electron chi connectivity index (χ4n) is 2.74. The first kappa shape index (κ1) is 11.6. The van der Waals surface area contributed by atoms with Gasteiger partial charge < -0.3 is 5.11 Å². The zero-order valence-electron chi connectivity index (χ0n) is 9.73. The minimum absolute atomic E-state index is 0.533. The first-order valence-corrected chi connectivity index (χ1v) is 6.57. The van der Waals surface area contributed by atoms with Crippen molar-refractivity contribution in [2.75, 3.05) is 0 Å². The second kappa shape index (κ2) is 3.87. The Morgan fingerprint density at radius 2 is 2.44 bits per heavy atom. The van der Waals surface area contributed by atoms with Gasteiger partial charge in [0.2, 0.25) is 0 Å². The lowest BCUT2D eigenvalue weighted by Gasteiger charge is -2.36. The quantitative estimate of drug-likeness (QED) is 0.855. The maximum atomic E-state index is 10.7. The lowest BCUT2D eigenvalue weighted by molar-refractivity contribution is -0.0406. The van der Waals surface area contributed by atoms with Crippen LogP contribution in [0.15, 0.2) is 17.5 Å². The van der Waals surface area contributed by atoms with E-state index in [1.807, 2.05) is 17.5 Å². The molecule has 1 aromatic heterocycles. The summed E-state index contributed by atoms with van der Waals surface area (Å²) in [7, 11) is 0.